The van der Waals surface area contributed by atoms with Gasteiger partial charge < -0.3 is 4.57 Å². The van der Waals surface area contributed by atoms with Crippen molar-refractivity contribution in [2.75, 3.05) is 0 Å². The molecule has 0 fully saturated rings. The Balaban J connectivity index is 1.78. The van der Waals surface area contributed by atoms with Gasteiger partial charge in [0.2, 0.25) is 0 Å². The Bertz CT molecular complexity index is 1310. The first kappa shape index (κ1) is 17.0. The summed E-state index contributed by atoms with van der Waals surface area (Å²) in [6.07, 6.45) is 2.01. The van der Waals surface area contributed by atoms with Crippen LogP contribution in [0.3, 0.4) is 0 Å². The van der Waals surface area contributed by atoms with Crippen LogP contribution < -0.4 is 0 Å². The van der Waals surface area contributed by atoms with Gasteiger partial charge in [-0.1, -0.05) is 23.7 Å². The predicted octanol–water partition coefficient (Wildman–Crippen LogP) is 4.58. The second-order valence-corrected chi connectivity index (χ2v) is 7.28. The van der Waals surface area contributed by atoms with Gasteiger partial charge in [-0.3, -0.25) is 9.08 Å². The van der Waals surface area contributed by atoms with E-state index in [0.29, 0.717) is 6.54 Å². The van der Waals surface area contributed by atoms with Crippen LogP contribution in [0.25, 0.3) is 28.1 Å². The molecule has 0 saturated carbocycles. The van der Waals surface area contributed by atoms with Crippen LogP contribution in [-0.2, 0) is 13.1 Å². The number of hydrogen-bond acceptors (Lipinski definition) is 3. The quantitative estimate of drug-likeness (QED) is 0.451. The van der Waals surface area contributed by atoms with E-state index in [2.05, 4.69) is 50.4 Å². The van der Waals surface area contributed by atoms with E-state index in [1.54, 1.807) is 0 Å². The molecule has 28 heavy (non-hydrogen) atoms. The maximum Gasteiger partial charge on any atom is 0.161 e. The molecule has 0 aliphatic rings. The molecule has 0 bridgehead atoms. The maximum absolute atomic E-state index is 6.22. The lowest BCUT2D eigenvalue weighted by molar-refractivity contribution is 0.660. The summed E-state index contributed by atoms with van der Waals surface area (Å²) in [5.74, 6) is 0.867. The number of fused-ring (bicyclic) bond motifs is 3. The van der Waals surface area contributed by atoms with Gasteiger partial charge in [-0.25, -0.2) is 0 Å². The van der Waals surface area contributed by atoms with Crippen LogP contribution in [0.2, 0.25) is 5.02 Å². The van der Waals surface area contributed by atoms with Gasteiger partial charge in [-0.2, -0.15) is 5.10 Å². The van der Waals surface area contributed by atoms with Crippen molar-refractivity contribution in [2.45, 2.75) is 26.9 Å². The second-order valence-electron chi connectivity index (χ2n) is 6.85. The summed E-state index contributed by atoms with van der Waals surface area (Å²) in [5, 5.41) is 14.0. The van der Waals surface area contributed by atoms with Gasteiger partial charge in [0.25, 0.3) is 0 Å². The molecular weight excluding hydrogens is 372 g/mol. The summed E-state index contributed by atoms with van der Waals surface area (Å²) < 4.78 is 6.31. The Morgan fingerprint density at radius 3 is 2.68 bits per heavy atom. The van der Waals surface area contributed by atoms with E-state index in [9.17, 15) is 0 Å². The summed E-state index contributed by atoms with van der Waals surface area (Å²) in [7, 11) is 0. The number of benzene rings is 1. The molecule has 1 aromatic carbocycles. The first-order valence-corrected chi connectivity index (χ1v) is 9.64. The lowest BCUT2D eigenvalue weighted by Gasteiger charge is -2.10. The minimum absolute atomic E-state index is 0.699. The summed E-state index contributed by atoms with van der Waals surface area (Å²) >= 11 is 6.22. The number of aryl methyl sites for hydroxylation is 2. The normalized spacial score (nSPS) is 11.7. The van der Waals surface area contributed by atoms with Gasteiger partial charge >= 0.3 is 0 Å². The molecule has 140 valence electrons. The van der Waals surface area contributed by atoms with E-state index in [-0.39, 0.29) is 0 Å². The Kier molecular flexibility index (Phi) is 3.94. The van der Waals surface area contributed by atoms with Crippen LogP contribution in [0.5, 0.6) is 0 Å². The highest BCUT2D eigenvalue weighted by Gasteiger charge is 2.17. The van der Waals surface area contributed by atoms with Crippen molar-refractivity contribution in [1.29, 1.82) is 0 Å². The van der Waals surface area contributed by atoms with Crippen LogP contribution in [0.1, 0.15) is 18.3 Å². The Hall–Kier alpha value is -3.12. The van der Waals surface area contributed by atoms with Gasteiger partial charge in [-0.15, -0.1) is 10.2 Å². The molecule has 0 spiro atoms. The molecule has 0 N–H and O–H groups in total. The molecule has 5 rings (SSSR count). The van der Waals surface area contributed by atoms with E-state index >= 15 is 0 Å². The van der Waals surface area contributed by atoms with Crippen LogP contribution >= 0.6 is 11.6 Å². The zero-order valence-electron chi connectivity index (χ0n) is 15.7. The molecule has 0 radical (unpaired) electrons. The third kappa shape index (κ3) is 2.68. The minimum Gasteiger partial charge on any atom is -0.333 e. The molecule has 0 aliphatic heterocycles. The van der Waals surface area contributed by atoms with Crippen molar-refractivity contribution in [3.05, 3.63) is 71.1 Å². The standard InChI is InChI=1S/C21H19ClN6/c1-3-26-10-9-17(25-26)19-12-20-18(7-8-21-24-23-14(2)28(20)21)27(19)13-15-5-4-6-16(22)11-15/h4-12H,3,13H2,1-2H3. The molecule has 6 nitrogen and oxygen atoms in total. The molecule has 4 aromatic heterocycles. The summed E-state index contributed by atoms with van der Waals surface area (Å²) in [6.45, 7) is 5.59. The molecule has 4 heterocycles. The summed E-state index contributed by atoms with van der Waals surface area (Å²) in [4.78, 5) is 0. The lowest BCUT2D eigenvalue weighted by Crippen LogP contribution is -2.03. The van der Waals surface area contributed by atoms with E-state index in [4.69, 9.17) is 16.7 Å². The molecule has 7 heteroatoms. The SMILES string of the molecule is CCn1ccc(-c2cc3c(ccc4nnc(C)n43)n2Cc2cccc(Cl)c2)n1. The summed E-state index contributed by atoms with van der Waals surface area (Å²) in [5.41, 5.74) is 6.17. The van der Waals surface area contributed by atoms with Crippen molar-refractivity contribution in [3.63, 3.8) is 0 Å². The molecule has 0 saturated heterocycles. The lowest BCUT2D eigenvalue weighted by atomic mass is 10.2. The Morgan fingerprint density at radius 1 is 1.00 bits per heavy atom. The van der Waals surface area contributed by atoms with Crippen molar-refractivity contribution in [1.82, 2.24) is 28.9 Å². The topological polar surface area (TPSA) is 52.9 Å². The van der Waals surface area contributed by atoms with Crippen LogP contribution in [-0.4, -0.2) is 28.9 Å². The highest BCUT2D eigenvalue weighted by molar-refractivity contribution is 6.30. The van der Waals surface area contributed by atoms with Gasteiger partial charge in [0.05, 0.1) is 16.7 Å². The highest BCUT2D eigenvalue weighted by Crippen LogP contribution is 2.30. The van der Waals surface area contributed by atoms with Gasteiger partial charge in [0, 0.05) is 24.3 Å². The summed E-state index contributed by atoms with van der Waals surface area (Å²) in [6, 6.07) is 16.3. The number of halogens is 1. The molecular formula is C21H19ClN6. The van der Waals surface area contributed by atoms with Crippen molar-refractivity contribution >= 4 is 28.3 Å². The number of hydrogen-bond donors (Lipinski definition) is 0. The third-order valence-electron chi connectivity index (χ3n) is 5.06. The van der Waals surface area contributed by atoms with E-state index in [1.165, 1.54) is 0 Å². The van der Waals surface area contributed by atoms with Gasteiger partial charge in [-0.05, 0) is 55.8 Å². The number of aromatic nitrogens is 6. The van der Waals surface area contributed by atoms with Crippen LogP contribution in [0.4, 0.5) is 0 Å². The van der Waals surface area contributed by atoms with Gasteiger partial charge in [0.15, 0.2) is 5.65 Å². The zero-order chi connectivity index (χ0) is 19.3. The van der Waals surface area contributed by atoms with Gasteiger partial charge in [0.1, 0.15) is 11.5 Å². The first-order valence-electron chi connectivity index (χ1n) is 9.26. The smallest absolute Gasteiger partial charge is 0.161 e. The highest BCUT2D eigenvalue weighted by atomic mass is 35.5. The van der Waals surface area contributed by atoms with Crippen molar-refractivity contribution in [2.24, 2.45) is 0 Å². The van der Waals surface area contributed by atoms with Crippen LogP contribution in [0.15, 0.2) is 54.7 Å². The Morgan fingerprint density at radius 2 is 1.89 bits per heavy atom. The fourth-order valence-electron chi connectivity index (χ4n) is 3.72. The second kappa shape index (κ2) is 6.49. The molecule has 0 atom stereocenters. The third-order valence-corrected chi connectivity index (χ3v) is 5.29. The first-order chi connectivity index (χ1) is 13.6. The number of nitrogens with zero attached hydrogens (tertiary/aromatic N) is 6. The predicted molar refractivity (Wildman–Crippen MR) is 111 cm³/mol. The fraction of sp³-hybridized carbons (Fsp3) is 0.190. The number of pyridine rings is 1. The minimum atomic E-state index is 0.699. The molecule has 0 unspecified atom stereocenters. The average molecular weight is 391 g/mol. The van der Waals surface area contributed by atoms with Crippen molar-refractivity contribution < 1.29 is 0 Å². The molecule has 0 aliphatic carbocycles. The monoisotopic (exact) mass is 390 g/mol. The average Bonchev–Trinajstić information content (AvgIpc) is 3.39. The van der Waals surface area contributed by atoms with E-state index < -0.39 is 0 Å². The Labute approximate surface area is 167 Å². The largest absolute Gasteiger partial charge is 0.333 e. The van der Waals surface area contributed by atoms with Crippen molar-refractivity contribution in [3.8, 4) is 11.4 Å². The molecule has 0 amide bonds. The fourth-order valence-corrected chi connectivity index (χ4v) is 3.93. The van der Waals surface area contributed by atoms with E-state index in [0.717, 1.165) is 51.0 Å². The number of rotatable bonds is 4. The van der Waals surface area contributed by atoms with E-state index in [1.807, 2.05) is 42.1 Å². The van der Waals surface area contributed by atoms with Crippen LogP contribution in [0, 0.1) is 6.92 Å². The zero-order valence-corrected chi connectivity index (χ0v) is 16.4. The molecule has 5 aromatic rings. The maximum atomic E-state index is 6.22.